The van der Waals surface area contributed by atoms with Gasteiger partial charge in [0.25, 0.3) is 8.32 Å². The first kappa shape index (κ1) is 31.8. The number of aryl methyl sites for hydroxylation is 1. The lowest BCUT2D eigenvalue weighted by Gasteiger charge is -2.42. The van der Waals surface area contributed by atoms with Crippen LogP contribution in [0.3, 0.4) is 0 Å². The molecule has 4 aromatic carbocycles. The zero-order chi connectivity index (χ0) is 30.2. The van der Waals surface area contributed by atoms with Crippen molar-refractivity contribution in [3.05, 3.63) is 133 Å². The minimum Gasteiger partial charge on any atom is -0.404 e. The first-order valence-corrected chi connectivity index (χ1v) is 18.7. The van der Waals surface area contributed by atoms with Crippen molar-refractivity contribution in [3.8, 4) is 0 Å². The van der Waals surface area contributed by atoms with Gasteiger partial charge in [0.2, 0.25) is 10.0 Å². The van der Waals surface area contributed by atoms with Crippen LogP contribution in [0.4, 0.5) is 0 Å². The largest absolute Gasteiger partial charge is 0.404 e. The van der Waals surface area contributed by atoms with Gasteiger partial charge in [0, 0.05) is 10.6 Å². The number of hydrogen-bond donors (Lipinski definition) is 1. The maximum Gasteiger partial charge on any atom is 0.261 e. The van der Waals surface area contributed by atoms with Gasteiger partial charge in [-0.2, -0.15) is 0 Å². The summed E-state index contributed by atoms with van der Waals surface area (Å²) in [6.45, 7) is 8.82. The molecular formula is C34H39NO4S2Si. The van der Waals surface area contributed by atoms with Crippen molar-refractivity contribution in [2.24, 2.45) is 0 Å². The summed E-state index contributed by atoms with van der Waals surface area (Å²) >= 11 is 0. The Hall–Kier alpha value is -3.14. The van der Waals surface area contributed by atoms with E-state index in [0.717, 1.165) is 5.56 Å². The SMILES string of the molecule is Cc1ccc(S(=O)(=O)N[C@H](/C=C\CO[Si](c2ccccc2)(c2ccccc2)C(C)(C)C)CS(=O)c2ccccc2)cc1. The Balaban J connectivity index is 1.63. The second-order valence-corrected chi connectivity index (χ2v) is 18.8. The maximum atomic E-state index is 13.3. The molecule has 0 aliphatic heterocycles. The van der Waals surface area contributed by atoms with Crippen LogP contribution in [0.25, 0.3) is 0 Å². The highest BCUT2D eigenvalue weighted by molar-refractivity contribution is 7.89. The van der Waals surface area contributed by atoms with Crippen molar-refractivity contribution in [1.82, 2.24) is 4.72 Å². The molecule has 4 rings (SSSR count). The standard InChI is InChI=1S/C34H39NO4S2Si/c1-28-22-24-31(25-23-28)41(37,38)35-29(27-40(36)30-16-8-5-9-17-30)15-14-26-39-42(34(2,3)4,32-18-10-6-11-19-32)33-20-12-7-13-21-33/h5-25,29,35H,26-27H2,1-4H3/b15-14-/t29-,40?/m1/s1. The molecule has 0 heterocycles. The normalized spacial score (nSPS) is 14.1. The van der Waals surface area contributed by atoms with Crippen LogP contribution in [0, 0.1) is 6.92 Å². The van der Waals surface area contributed by atoms with E-state index in [2.05, 4.69) is 49.8 Å². The van der Waals surface area contributed by atoms with E-state index in [1.807, 2.05) is 67.6 Å². The molecule has 8 heteroatoms. The Bertz CT molecular complexity index is 1550. The summed E-state index contributed by atoms with van der Waals surface area (Å²) in [6, 6.07) is 35.8. The second kappa shape index (κ2) is 13.9. The molecule has 42 heavy (non-hydrogen) atoms. The van der Waals surface area contributed by atoms with E-state index >= 15 is 0 Å². The van der Waals surface area contributed by atoms with Crippen molar-refractivity contribution in [2.75, 3.05) is 12.4 Å². The van der Waals surface area contributed by atoms with E-state index < -0.39 is 35.2 Å². The number of nitrogens with one attached hydrogen (secondary N) is 1. The van der Waals surface area contributed by atoms with E-state index in [1.165, 1.54) is 10.4 Å². The van der Waals surface area contributed by atoms with Crippen LogP contribution in [0.2, 0.25) is 5.04 Å². The van der Waals surface area contributed by atoms with Gasteiger partial charge in [-0.3, -0.25) is 4.21 Å². The molecule has 0 saturated heterocycles. The van der Waals surface area contributed by atoms with Gasteiger partial charge in [0.15, 0.2) is 0 Å². The Morgan fingerprint density at radius 3 is 1.81 bits per heavy atom. The Labute approximate surface area is 254 Å². The highest BCUT2D eigenvalue weighted by Crippen LogP contribution is 2.36. The lowest BCUT2D eigenvalue weighted by Crippen LogP contribution is -2.66. The van der Waals surface area contributed by atoms with Crippen molar-refractivity contribution < 1.29 is 17.1 Å². The predicted octanol–water partition coefficient (Wildman–Crippen LogP) is 5.58. The van der Waals surface area contributed by atoms with Gasteiger partial charge in [-0.1, -0.05) is 129 Å². The van der Waals surface area contributed by atoms with Gasteiger partial charge in [-0.25, -0.2) is 13.1 Å². The highest BCUT2D eigenvalue weighted by atomic mass is 32.2. The summed E-state index contributed by atoms with van der Waals surface area (Å²) in [5, 5.41) is 2.14. The van der Waals surface area contributed by atoms with Crippen molar-refractivity contribution in [1.29, 1.82) is 0 Å². The Morgan fingerprint density at radius 1 is 0.810 bits per heavy atom. The van der Waals surface area contributed by atoms with Crippen LogP contribution in [0.5, 0.6) is 0 Å². The summed E-state index contributed by atoms with van der Waals surface area (Å²) < 4.78 is 49.5. The zero-order valence-corrected chi connectivity index (χ0v) is 27.2. The van der Waals surface area contributed by atoms with Gasteiger partial charge in [0.05, 0.1) is 28.3 Å². The minimum absolute atomic E-state index is 0.0881. The molecule has 0 bridgehead atoms. The lowest BCUT2D eigenvalue weighted by molar-refractivity contribution is 0.339. The van der Waals surface area contributed by atoms with Gasteiger partial charge >= 0.3 is 0 Å². The molecule has 0 fully saturated rings. The highest BCUT2D eigenvalue weighted by Gasteiger charge is 2.49. The Kier molecular flexibility index (Phi) is 10.5. The quantitative estimate of drug-likeness (QED) is 0.166. The topological polar surface area (TPSA) is 72.5 Å². The molecule has 0 aliphatic rings. The number of hydrogen-bond acceptors (Lipinski definition) is 4. The first-order chi connectivity index (χ1) is 20.0. The van der Waals surface area contributed by atoms with Crippen molar-refractivity contribution >= 4 is 39.5 Å². The summed E-state index contributed by atoms with van der Waals surface area (Å²) in [7, 11) is -8.02. The van der Waals surface area contributed by atoms with Crippen molar-refractivity contribution in [2.45, 2.75) is 48.6 Å². The van der Waals surface area contributed by atoms with Crippen molar-refractivity contribution in [3.63, 3.8) is 0 Å². The van der Waals surface area contributed by atoms with Crippen LogP contribution in [-0.4, -0.2) is 39.3 Å². The molecule has 0 saturated carbocycles. The lowest BCUT2D eigenvalue weighted by atomic mass is 10.2. The Morgan fingerprint density at radius 2 is 1.31 bits per heavy atom. The predicted molar refractivity (Wildman–Crippen MR) is 176 cm³/mol. The van der Waals surface area contributed by atoms with E-state index in [0.29, 0.717) is 4.90 Å². The zero-order valence-electron chi connectivity index (χ0n) is 24.6. The fourth-order valence-electron chi connectivity index (χ4n) is 5.10. The molecule has 0 spiro atoms. The van der Waals surface area contributed by atoms with E-state index in [1.54, 1.807) is 42.5 Å². The summed E-state index contributed by atoms with van der Waals surface area (Å²) in [6.07, 6.45) is 3.62. The molecule has 0 radical (unpaired) electrons. The maximum absolute atomic E-state index is 13.3. The second-order valence-electron chi connectivity index (χ2n) is 11.3. The third kappa shape index (κ3) is 7.62. The van der Waals surface area contributed by atoms with Crippen LogP contribution >= 0.6 is 0 Å². The molecule has 1 N–H and O–H groups in total. The number of sulfonamides is 1. The van der Waals surface area contributed by atoms with Gasteiger partial charge in [-0.15, -0.1) is 0 Å². The van der Waals surface area contributed by atoms with Crippen LogP contribution in [0.15, 0.2) is 137 Å². The van der Waals surface area contributed by atoms with E-state index in [9.17, 15) is 12.6 Å². The molecule has 2 atom stereocenters. The van der Waals surface area contributed by atoms with E-state index in [4.69, 9.17) is 4.43 Å². The minimum atomic E-state index is -3.85. The molecule has 1 unspecified atom stereocenters. The van der Waals surface area contributed by atoms with Gasteiger partial charge in [-0.05, 0) is 46.6 Å². The smallest absolute Gasteiger partial charge is 0.261 e. The number of benzene rings is 4. The first-order valence-electron chi connectivity index (χ1n) is 14.0. The molecule has 0 aliphatic carbocycles. The summed E-state index contributed by atoms with van der Waals surface area (Å²) in [5.41, 5.74) is 0.969. The molecule has 4 aromatic rings. The van der Waals surface area contributed by atoms with Crippen LogP contribution in [-0.2, 0) is 25.2 Å². The van der Waals surface area contributed by atoms with Gasteiger partial charge in [0.1, 0.15) is 0 Å². The van der Waals surface area contributed by atoms with Gasteiger partial charge < -0.3 is 4.43 Å². The fraction of sp³-hybridized carbons (Fsp3) is 0.235. The van der Waals surface area contributed by atoms with Crippen LogP contribution < -0.4 is 15.1 Å². The molecule has 5 nitrogen and oxygen atoms in total. The molecular weight excluding hydrogens is 579 g/mol. The molecule has 0 aromatic heterocycles. The monoisotopic (exact) mass is 617 g/mol. The summed E-state index contributed by atoms with van der Waals surface area (Å²) in [5.74, 6) is 0.0881. The van der Waals surface area contributed by atoms with Crippen LogP contribution in [0.1, 0.15) is 26.3 Å². The molecule has 220 valence electrons. The average Bonchev–Trinajstić information content (AvgIpc) is 2.98. The van der Waals surface area contributed by atoms with E-state index in [-0.39, 0.29) is 22.3 Å². The third-order valence-electron chi connectivity index (χ3n) is 7.16. The third-order valence-corrected chi connectivity index (χ3v) is 15.1. The fourth-order valence-corrected chi connectivity index (χ4v) is 12.1. The summed E-state index contributed by atoms with van der Waals surface area (Å²) in [4.78, 5) is 0.814. The molecule has 0 amide bonds. The number of rotatable bonds is 12. The average molecular weight is 618 g/mol.